The van der Waals surface area contributed by atoms with E-state index in [4.69, 9.17) is 14.8 Å². The summed E-state index contributed by atoms with van der Waals surface area (Å²) in [5.74, 6) is -0.195. The van der Waals surface area contributed by atoms with E-state index in [1.807, 2.05) is 6.08 Å². The van der Waals surface area contributed by atoms with Crippen molar-refractivity contribution < 1.29 is 28.4 Å². The molecule has 0 radical (unpaired) electrons. The zero-order valence-corrected chi connectivity index (χ0v) is 38.2. The molecule has 0 aromatic carbocycles. The summed E-state index contributed by atoms with van der Waals surface area (Å²) < 4.78 is 22.2. The predicted octanol–water partition coefficient (Wildman–Crippen LogP) is 13.9. The number of allylic oxidation sites excluding steroid dienone is 5. The van der Waals surface area contributed by atoms with Crippen LogP contribution in [0.15, 0.2) is 36.5 Å². The van der Waals surface area contributed by atoms with Gasteiger partial charge >= 0.3 is 7.82 Å². The van der Waals surface area contributed by atoms with Crippen molar-refractivity contribution in [1.29, 1.82) is 0 Å². The molecule has 0 saturated heterocycles. The van der Waals surface area contributed by atoms with Gasteiger partial charge in [0.1, 0.15) is 0 Å². The lowest BCUT2D eigenvalue weighted by atomic mass is 10.0. The van der Waals surface area contributed by atoms with Gasteiger partial charge in [-0.25, -0.2) is 4.57 Å². The Labute approximate surface area is 352 Å². The summed E-state index contributed by atoms with van der Waals surface area (Å²) in [6, 6.07) is -0.860. The topological polar surface area (TPSA) is 131 Å². The van der Waals surface area contributed by atoms with E-state index in [0.29, 0.717) is 6.42 Å². The number of carbonyl (C=O) groups is 1. The van der Waals surface area contributed by atoms with Crippen LogP contribution < -0.4 is 11.1 Å². The van der Waals surface area contributed by atoms with Crippen LogP contribution in [0.2, 0.25) is 0 Å². The van der Waals surface area contributed by atoms with Crippen molar-refractivity contribution in [2.24, 2.45) is 5.73 Å². The average Bonchev–Trinajstić information content (AvgIpc) is 3.20. The van der Waals surface area contributed by atoms with Crippen molar-refractivity contribution >= 4 is 13.7 Å². The van der Waals surface area contributed by atoms with Gasteiger partial charge in [0.25, 0.3) is 0 Å². The van der Waals surface area contributed by atoms with Gasteiger partial charge in [-0.05, 0) is 51.4 Å². The molecule has 3 unspecified atom stereocenters. The van der Waals surface area contributed by atoms with Crippen LogP contribution in [0.4, 0.5) is 0 Å². The second kappa shape index (κ2) is 44.3. The molecule has 0 aromatic rings. The first-order chi connectivity index (χ1) is 27.9. The Bertz CT molecular complexity index is 990. The Morgan fingerprint density at radius 1 is 0.579 bits per heavy atom. The van der Waals surface area contributed by atoms with E-state index in [0.717, 1.165) is 44.9 Å². The molecule has 0 rings (SSSR count). The Hall–Kier alpha value is -1.28. The molecular formula is C48H93N2O6P. The number of aliphatic hydroxyl groups excluding tert-OH is 1. The third kappa shape index (κ3) is 42.6. The highest BCUT2D eigenvalue weighted by atomic mass is 31.2. The maximum atomic E-state index is 12.8. The Morgan fingerprint density at radius 2 is 0.965 bits per heavy atom. The number of hydrogen-bond acceptors (Lipinski definition) is 6. The molecule has 3 atom stereocenters. The van der Waals surface area contributed by atoms with E-state index < -0.39 is 20.0 Å². The third-order valence-electron chi connectivity index (χ3n) is 10.7. The number of phosphoric ester groups is 1. The molecule has 0 heterocycles. The van der Waals surface area contributed by atoms with E-state index in [1.54, 1.807) is 6.08 Å². The monoisotopic (exact) mass is 825 g/mol. The summed E-state index contributed by atoms with van der Waals surface area (Å²) in [6.45, 7) is 4.14. The largest absolute Gasteiger partial charge is 0.472 e. The molecule has 0 aliphatic heterocycles. The molecule has 57 heavy (non-hydrogen) atoms. The number of carbonyl (C=O) groups excluding carboxylic acids is 1. The van der Waals surface area contributed by atoms with Gasteiger partial charge in [0.15, 0.2) is 0 Å². The standard InChI is InChI=1S/C48H93N2O6P/c1-3-5-7-9-11-13-15-17-19-20-21-22-23-24-25-26-28-30-32-34-36-38-40-42-48(52)50-46(45-56-57(53,54)55-44-43-49)47(51)41-39-37-35-33-31-29-27-18-16-14-12-10-8-6-4-2/h15,17,20-21,39,41,46-47,51H,3-14,16,18-19,22-38,40,42-45,49H2,1-2H3,(H,50,52)(H,53,54)/b17-15-,21-20-,41-39+. The van der Waals surface area contributed by atoms with E-state index in [9.17, 15) is 19.4 Å². The van der Waals surface area contributed by atoms with Crippen LogP contribution in [0.1, 0.15) is 232 Å². The molecule has 0 bridgehead atoms. The molecule has 9 heteroatoms. The number of amides is 1. The number of nitrogens with two attached hydrogens (primary N) is 1. The Kier molecular flexibility index (Phi) is 43.3. The summed E-state index contributed by atoms with van der Waals surface area (Å²) in [6.07, 6.45) is 53.4. The minimum absolute atomic E-state index is 0.0783. The molecule has 0 aliphatic carbocycles. The average molecular weight is 825 g/mol. The number of nitrogens with one attached hydrogen (secondary N) is 1. The van der Waals surface area contributed by atoms with Gasteiger partial charge in [-0.2, -0.15) is 0 Å². The molecular weight excluding hydrogens is 732 g/mol. The van der Waals surface area contributed by atoms with Crippen molar-refractivity contribution in [1.82, 2.24) is 5.32 Å². The van der Waals surface area contributed by atoms with Crippen molar-refractivity contribution in [3.8, 4) is 0 Å². The molecule has 8 nitrogen and oxygen atoms in total. The van der Waals surface area contributed by atoms with Gasteiger partial charge in [0, 0.05) is 13.0 Å². The van der Waals surface area contributed by atoms with Crippen LogP contribution in [0.5, 0.6) is 0 Å². The fraction of sp³-hybridized carbons (Fsp3) is 0.854. The van der Waals surface area contributed by atoms with Crippen molar-refractivity contribution in [2.75, 3.05) is 19.8 Å². The van der Waals surface area contributed by atoms with Crippen LogP contribution >= 0.6 is 7.82 Å². The molecule has 0 fully saturated rings. The predicted molar refractivity (Wildman–Crippen MR) is 244 cm³/mol. The summed E-state index contributed by atoms with van der Waals surface area (Å²) in [4.78, 5) is 22.8. The van der Waals surface area contributed by atoms with E-state index in [-0.39, 0.29) is 25.7 Å². The maximum Gasteiger partial charge on any atom is 0.472 e. The Balaban J connectivity index is 4.10. The Morgan fingerprint density at radius 3 is 1.39 bits per heavy atom. The van der Waals surface area contributed by atoms with Crippen molar-refractivity contribution in [3.05, 3.63) is 36.5 Å². The normalized spacial score (nSPS) is 14.3. The summed E-state index contributed by atoms with van der Waals surface area (Å²) in [5.41, 5.74) is 5.38. The van der Waals surface area contributed by atoms with E-state index in [1.165, 1.54) is 167 Å². The highest BCUT2D eigenvalue weighted by molar-refractivity contribution is 7.47. The van der Waals surface area contributed by atoms with Crippen molar-refractivity contribution in [2.45, 2.75) is 244 Å². The SMILES string of the molecule is CCCCCCC/C=C\C/C=C\CCCCCCCCCCCCCC(=O)NC(COP(=O)(O)OCCN)C(O)/C=C/CCCCCCCCCCCCCCC. The van der Waals surface area contributed by atoms with Gasteiger partial charge in [-0.15, -0.1) is 0 Å². The van der Waals surface area contributed by atoms with E-state index in [2.05, 4.69) is 43.5 Å². The van der Waals surface area contributed by atoms with Crippen molar-refractivity contribution in [3.63, 3.8) is 0 Å². The molecule has 1 amide bonds. The lowest BCUT2D eigenvalue weighted by Gasteiger charge is -2.23. The second-order valence-electron chi connectivity index (χ2n) is 16.3. The summed E-state index contributed by atoms with van der Waals surface area (Å²) >= 11 is 0. The zero-order chi connectivity index (χ0) is 41.8. The van der Waals surface area contributed by atoms with Gasteiger partial charge in [-0.1, -0.05) is 211 Å². The molecule has 0 spiro atoms. The highest BCUT2D eigenvalue weighted by Crippen LogP contribution is 2.43. The quantitative estimate of drug-likeness (QED) is 0.0273. The summed E-state index contributed by atoms with van der Waals surface area (Å²) in [5, 5.41) is 13.7. The minimum atomic E-state index is -4.34. The molecule has 0 saturated carbocycles. The smallest absolute Gasteiger partial charge is 0.387 e. The van der Waals surface area contributed by atoms with Gasteiger partial charge in [-0.3, -0.25) is 13.8 Å². The number of aliphatic hydroxyl groups is 1. The summed E-state index contributed by atoms with van der Waals surface area (Å²) in [7, 11) is -4.34. The highest BCUT2D eigenvalue weighted by Gasteiger charge is 2.26. The fourth-order valence-corrected chi connectivity index (χ4v) is 7.80. The molecule has 0 aromatic heterocycles. The lowest BCUT2D eigenvalue weighted by Crippen LogP contribution is -2.45. The third-order valence-corrected chi connectivity index (χ3v) is 11.7. The number of hydrogen-bond donors (Lipinski definition) is 4. The van der Waals surface area contributed by atoms with Gasteiger partial charge < -0.3 is 21.1 Å². The maximum absolute atomic E-state index is 12.8. The number of phosphoric acid groups is 1. The van der Waals surface area contributed by atoms with Gasteiger partial charge in [0.2, 0.25) is 5.91 Å². The zero-order valence-electron chi connectivity index (χ0n) is 37.3. The minimum Gasteiger partial charge on any atom is -0.387 e. The first kappa shape index (κ1) is 55.7. The van der Waals surface area contributed by atoms with E-state index >= 15 is 0 Å². The van der Waals surface area contributed by atoms with Gasteiger partial charge in [0.05, 0.1) is 25.4 Å². The van der Waals surface area contributed by atoms with Crippen LogP contribution in [-0.2, 0) is 18.4 Å². The fourth-order valence-electron chi connectivity index (χ4n) is 7.05. The van der Waals surface area contributed by atoms with Crippen LogP contribution in [0.25, 0.3) is 0 Å². The second-order valence-corrected chi connectivity index (χ2v) is 17.8. The lowest BCUT2D eigenvalue weighted by molar-refractivity contribution is -0.123. The number of rotatable bonds is 45. The van der Waals surface area contributed by atoms with Crippen LogP contribution in [0, 0.1) is 0 Å². The molecule has 5 N–H and O–H groups in total. The number of unbranched alkanes of at least 4 members (excludes halogenated alkanes) is 29. The van der Waals surface area contributed by atoms with Crippen LogP contribution in [0.3, 0.4) is 0 Å². The first-order valence-electron chi connectivity index (χ1n) is 24.1. The molecule has 336 valence electrons. The molecule has 0 aliphatic rings. The first-order valence-corrected chi connectivity index (χ1v) is 25.6. The van der Waals surface area contributed by atoms with Crippen LogP contribution in [-0.4, -0.2) is 47.8 Å².